The molecule has 0 aliphatic heterocycles. The minimum Gasteiger partial charge on any atom is -0.229 e. The van der Waals surface area contributed by atoms with Crippen molar-refractivity contribution in [3.63, 3.8) is 0 Å². The van der Waals surface area contributed by atoms with E-state index in [-0.39, 0.29) is 11.6 Å². The van der Waals surface area contributed by atoms with Crippen LogP contribution in [0.15, 0.2) is 97.1 Å². The molecule has 0 spiro atoms. The summed E-state index contributed by atoms with van der Waals surface area (Å²) in [5, 5.41) is 24.1. The smallest absolute Gasteiger partial charge is 0.229 e. The Morgan fingerprint density at radius 3 is 1.00 bits per heavy atom. The zero-order valence-corrected chi connectivity index (χ0v) is 30.9. The molecular weight excluding hydrogens is 723 g/mol. The molecule has 0 unspecified atom stereocenters. The molecule has 0 N–H and O–H groups in total. The first-order valence-corrected chi connectivity index (χ1v) is 17.6. The maximum atomic E-state index is 14.3. The summed E-state index contributed by atoms with van der Waals surface area (Å²) in [6.45, 7) is 6.55. The van der Waals surface area contributed by atoms with Gasteiger partial charge in [-0.1, -0.05) is 48.5 Å². The molecule has 0 aliphatic carbocycles. The topological polar surface area (TPSA) is 123 Å². The molecule has 16 heteroatoms. The van der Waals surface area contributed by atoms with Crippen molar-refractivity contribution in [2.24, 2.45) is 14.1 Å². The van der Waals surface area contributed by atoms with Crippen LogP contribution in [0.4, 0.5) is 17.6 Å². The Bertz CT molecular complexity index is 2100. The van der Waals surface area contributed by atoms with Gasteiger partial charge in [-0.25, -0.2) is 26.9 Å². The maximum Gasteiger partial charge on any atom is 0.699 e. The lowest BCUT2D eigenvalue weighted by atomic mass is 9.85. The van der Waals surface area contributed by atoms with Crippen LogP contribution in [0, 0.1) is 23.3 Å². The van der Waals surface area contributed by atoms with Gasteiger partial charge in [0, 0.05) is 29.8 Å². The highest BCUT2D eigenvalue weighted by molar-refractivity contribution is 7.33. The molecule has 0 saturated heterocycles. The van der Waals surface area contributed by atoms with Crippen molar-refractivity contribution in [1.82, 2.24) is 40.4 Å². The highest BCUT2D eigenvalue weighted by atomic mass is 31.1. The van der Waals surface area contributed by atoms with Crippen molar-refractivity contribution in [2.75, 3.05) is 0 Å². The number of nitrogens with zero attached hydrogens (tertiary/aromatic N) is 8. The first-order chi connectivity index (χ1) is 25.6. The zero-order valence-electron chi connectivity index (χ0n) is 30.0. The second kappa shape index (κ2) is 15.3. The summed E-state index contributed by atoms with van der Waals surface area (Å²) in [6, 6.07) is 22.6. The summed E-state index contributed by atoms with van der Waals surface area (Å²) < 4.78 is 86.4. The van der Waals surface area contributed by atoms with Crippen molar-refractivity contribution in [3.8, 4) is 0 Å². The molecule has 6 rings (SSSR count). The minimum atomic E-state index is -3.05. The summed E-state index contributed by atoms with van der Waals surface area (Å²) in [5.41, 5.74) is 0.551. The quantitative estimate of drug-likeness (QED) is 0.0899. The van der Waals surface area contributed by atoms with Crippen molar-refractivity contribution >= 4 is 30.5 Å². The van der Waals surface area contributed by atoms with E-state index in [0.717, 1.165) is 0 Å². The Morgan fingerprint density at radius 2 is 0.778 bits per heavy atom. The molecule has 4 aromatic carbocycles. The van der Waals surface area contributed by atoms with Crippen LogP contribution in [0.1, 0.15) is 61.6 Å². The fourth-order valence-corrected chi connectivity index (χ4v) is 7.07. The van der Waals surface area contributed by atoms with E-state index < -0.39 is 42.7 Å². The molecule has 11 nitrogen and oxygen atoms in total. The number of tetrazole rings is 2. The molecule has 0 aliphatic rings. The van der Waals surface area contributed by atoms with Crippen LogP contribution in [-0.4, -0.2) is 51.6 Å². The van der Waals surface area contributed by atoms with Gasteiger partial charge in [0.05, 0.1) is 0 Å². The van der Waals surface area contributed by atoms with E-state index in [1.54, 1.807) is 90.3 Å². The summed E-state index contributed by atoms with van der Waals surface area (Å²) in [4.78, 5) is 0. The number of hydrogen-bond donors (Lipinski definition) is 0. The molecular formula is C38H34F4N8O3P+. The fraction of sp³-hybridized carbons (Fsp3) is 0.211. The third-order valence-corrected chi connectivity index (χ3v) is 9.74. The van der Waals surface area contributed by atoms with Crippen LogP contribution in [0.3, 0.4) is 0 Å². The Balaban J connectivity index is 1.50. The third kappa shape index (κ3) is 8.08. The SMILES string of the molecule is Cn1nnnc1C(=C(c1ccc(F)cc1)c1ccc(F)cc1)C(C)(C)O[P+](=O)OC(C)(C)C(=C(c1ccc(F)cc1)c1ccc(F)cc1)c1nnnn1C. The van der Waals surface area contributed by atoms with Gasteiger partial charge in [0.15, 0.2) is 22.9 Å². The number of aryl methyl sites for hydroxylation is 2. The van der Waals surface area contributed by atoms with Crippen molar-refractivity contribution in [2.45, 2.75) is 38.9 Å². The average molecular weight is 758 g/mol. The predicted molar refractivity (Wildman–Crippen MR) is 193 cm³/mol. The third-order valence-electron chi connectivity index (χ3n) is 8.53. The molecule has 0 amide bonds. The van der Waals surface area contributed by atoms with E-state index >= 15 is 0 Å². The molecule has 0 radical (unpaired) electrons. The van der Waals surface area contributed by atoms with E-state index in [2.05, 4.69) is 31.1 Å². The normalized spacial score (nSPS) is 11.7. The van der Waals surface area contributed by atoms with E-state index in [4.69, 9.17) is 9.05 Å². The summed E-state index contributed by atoms with van der Waals surface area (Å²) in [7, 11) is 0.163. The lowest BCUT2D eigenvalue weighted by molar-refractivity contribution is 0.0991. The number of halogens is 4. The summed E-state index contributed by atoms with van der Waals surface area (Å²) in [6.07, 6.45) is 0. The summed E-state index contributed by atoms with van der Waals surface area (Å²) in [5.74, 6) is -1.47. The van der Waals surface area contributed by atoms with Gasteiger partial charge in [-0.05, 0) is 130 Å². The van der Waals surface area contributed by atoms with Crippen LogP contribution in [0.5, 0.6) is 0 Å². The molecule has 276 valence electrons. The minimum absolute atomic E-state index is 0.215. The molecule has 0 saturated carbocycles. The van der Waals surface area contributed by atoms with Gasteiger partial charge in [0.2, 0.25) is 0 Å². The lowest BCUT2D eigenvalue weighted by Crippen LogP contribution is -2.30. The Kier molecular flexibility index (Phi) is 10.8. The van der Waals surface area contributed by atoms with Gasteiger partial charge in [-0.2, -0.15) is 0 Å². The second-order valence-corrected chi connectivity index (χ2v) is 14.0. The number of benzene rings is 4. The first-order valence-electron chi connectivity index (χ1n) is 16.5. The van der Waals surface area contributed by atoms with Gasteiger partial charge in [-0.3, -0.25) is 0 Å². The average Bonchev–Trinajstić information content (AvgIpc) is 3.74. The van der Waals surface area contributed by atoms with Crippen LogP contribution >= 0.6 is 8.25 Å². The van der Waals surface area contributed by atoms with Gasteiger partial charge in [0.1, 0.15) is 23.3 Å². The van der Waals surface area contributed by atoms with E-state index in [1.165, 1.54) is 57.9 Å². The molecule has 2 aromatic heterocycles. The highest BCUT2D eigenvalue weighted by Gasteiger charge is 2.47. The predicted octanol–water partition coefficient (Wildman–Crippen LogP) is 8.16. The van der Waals surface area contributed by atoms with Crippen LogP contribution < -0.4 is 0 Å². The number of rotatable bonds is 12. The largest absolute Gasteiger partial charge is 0.699 e. The zero-order chi connectivity index (χ0) is 38.8. The first kappa shape index (κ1) is 38.0. The molecule has 0 bridgehead atoms. The van der Waals surface area contributed by atoms with E-state index in [9.17, 15) is 22.1 Å². The lowest BCUT2D eigenvalue weighted by Gasteiger charge is -2.27. The molecule has 54 heavy (non-hydrogen) atoms. The van der Waals surface area contributed by atoms with Gasteiger partial charge >= 0.3 is 8.25 Å². The maximum absolute atomic E-state index is 14.3. The van der Waals surface area contributed by atoms with E-state index in [0.29, 0.717) is 44.5 Å². The van der Waals surface area contributed by atoms with Crippen LogP contribution in [0.25, 0.3) is 22.3 Å². The van der Waals surface area contributed by atoms with Gasteiger partial charge < -0.3 is 0 Å². The monoisotopic (exact) mass is 757 g/mol. The molecule has 0 fully saturated rings. The highest BCUT2D eigenvalue weighted by Crippen LogP contribution is 2.49. The molecule has 2 heterocycles. The Morgan fingerprint density at radius 1 is 0.519 bits per heavy atom. The van der Waals surface area contributed by atoms with E-state index in [1.807, 2.05) is 0 Å². The summed E-state index contributed by atoms with van der Waals surface area (Å²) >= 11 is 0. The standard InChI is InChI=1S/C38H34F4N8O3P/c1-37(2,33(35-43-45-47-49(35)5)31(23-7-15-27(39)16-8-23)24-9-17-28(40)18-10-24)52-54(51)53-38(3,4)34(36-44-46-48-50(36)6)32(25-11-19-29(41)20-12-25)26-13-21-30(42)22-14-26/h7-22H,1-6H3/q+1. The van der Waals surface area contributed by atoms with Gasteiger partial charge in [-0.15, -0.1) is 19.2 Å². The second-order valence-electron chi connectivity index (χ2n) is 13.2. The van der Waals surface area contributed by atoms with Crippen LogP contribution in [0.2, 0.25) is 0 Å². The van der Waals surface area contributed by atoms with Crippen molar-refractivity contribution in [1.29, 1.82) is 0 Å². The fourth-order valence-electron chi connectivity index (χ4n) is 6.11. The van der Waals surface area contributed by atoms with Crippen molar-refractivity contribution < 1.29 is 31.2 Å². The van der Waals surface area contributed by atoms with Crippen LogP contribution in [-0.2, 0) is 27.7 Å². The molecule has 0 atom stereocenters. The van der Waals surface area contributed by atoms with Gasteiger partial charge in [0.25, 0.3) is 0 Å². The molecule has 6 aromatic rings. The Hall–Kier alpha value is -5.76. The number of hydrogen-bond acceptors (Lipinski definition) is 9. The Labute approximate surface area is 308 Å². The number of aromatic nitrogens is 8. The van der Waals surface area contributed by atoms with Crippen molar-refractivity contribution in [3.05, 3.63) is 154 Å².